The first-order valence-corrected chi connectivity index (χ1v) is 5.87. The van der Waals surface area contributed by atoms with Crippen molar-refractivity contribution in [1.82, 2.24) is 0 Å². The van der Waals surface area contributed by atoms with E-state index in [1.165, 1.54) is 0 Å². The maximum Gasteiger partial charge on any atom is 0.141 e. The number of benzene rings is 2. The highest BCUT2D eigenvalue weighted by Gasteiger charge is 2.10. The quantitative estimate of drug-likeness (QED) is 0.652. The van der Waals surface area contributed by atoms with E-state index >= 15 is 0 Å². The van der Waals surface area contributed by atoms with E-state index in [1.54, 1.807) is 19.2 Å². The van der Waals surface area contributed by atoms with Crippen LogP contribution in [0.2, 0.25) is 0 Å². The number of rotatable bonds is 4. The van der Waals surface area contributed by atoms with Crippen molar-refractivity contribution >= 4 is 5.84 Å². The molecule has 0 bridgehead atoms. The summed E-state index contributed by atoms with van der Waals surface area (Å²) in [6.45, 7) is 1.92. The maximum atomic E-state index is 7.59. The lowest BCUT2D eigenvalue weighted by molar-refractivity contribution is 0.408. The molecule has 0 fully saturated rings. The van der Waals surface area contributed by atoms with Crippen molar-refractivity contribution in [3.63, 3.8) is 0 Å². The van der Waals surface area contributed by atoms with Crippen LogP contribution < -0.4 is 15.2 Å². The average Bonchev–Trinajstić information content (AvgIpc) is 2.41. The van der Waals surface area contributed by atoms with Crippen LogP contribution in [0.25, 0.3) is 0 Å². The Labute approximate surface area is 112 Å². The predicted octanol–water partition coefficient (Wildman–Crippen LogP) is 3.08. The van der Waals surface area contributed by atoms with Crippen LogP contribution in [-0.2, 0) is 0 Å². The molecule has 0 atom stereocenters. The highest BCUT2D eigenvalue weighted by Crippen LogP contribution is 2.30. The van der Waals surface area contributed by atoms with Crippen LogP contribution in [0.4, 0.5) is 0 Å². The number of aryl methyl sites for hydroxylation is 1. The van der Waals surface area contributed by atoms with Crippen LogP contribution in [0.1, 0.15) is 11.1 Å². The van der Waals surface area contributed by atoms with Crippen LogP contribution in [0.5, 0.6) is 17.2 Å². The number of para-hydroxylation sites is 1. The third-order valence-corrected chi connectivity index (χ3v) is 2.76. The molecule has 2 aromatic rings. The summed E-state index contributed by atoms with van der Waals surface area (Å²) in [7, 11) is 1.61. The Kier molecular flexibility index (Phi) is 3.71. The fourth-order valence-electron chi connectivity index (χ4n) is 1.78. The molecule has 19 heavy (non-hydrogen) atoms. The molecular formula is C15H16N2O2. The van der Waals surface area contributed by atoms with Crippen molar-refractivity contribution in [2.75, 3.05) is 7.11 Å². The summed E-state index contributed by atoms with van der Waals surface area (Å²) < 4.78 is 11.0. The van der Waals surface area contributed by atoms with Gasteiger partial charge in [0.15, 0.2) is 0 Å². The molecule has 0 aromatic heterocycles. The van der Waals surface area contributed by atoms with E-state index in [2.05, 4.69) is 0 Å². The molecule has 98 valence electrons. The van der Waals surface area contributed by atoms with Crippen LogP contribution in [0, 0.1) is 12.3 Å². The van der Waals surface area contributed by atoms with Gasteiger partial charge in [0.25, 0.3) is 0 Å². The summed E-state index contributed by atoms with van der Waals surface area (Å²) in [6.07, 6.45) is 0. The molecule has 0 aliphatic rings. The highest BCUT2D eigenvalue weighted by atomic mass is 16.5. The molecular weight excluding hydrogens is 240 g/mol. The summed E-state index contributed by atoms with van der Waals surface area (Å²) in [5, 5.41) is 7.59. The fourth-order valence-corrected chi connectivity index (χ4v) is 1.78. The van der Waals surface area contributed by atoms with E-state index < -0.39 is 0 Å². The third kappa shape index (κ3) is 2.85. The summed E-state index contributed by atoms with van der Waals surface area (Å²) >= 11 is 0. The smallest absolute Gasteiger partial charge is 0.141 e. The summed E-state index contributed by atoms with van der Waals surface area (Å²) in [5.41, 5.74) is 7.08. The van der Waals surface area contributed by atoms with Crippen molar-refractivity contribution < 1.29 is 9.47 Å². The van der Waals surface area contributed by atoms with Gasteiger partial charge in [0.1, 0.15) is 23.1 Å². The number of nitrogen functional groups attached to an aromatic ring is 1. The zero-order valence-electron chi connectivity index (χ0n) is 10.9. The van der Waals surface area contributed by atoms with Crippen molar-refractivity contribution in [3.8, 4) is 17.2 Å². The van der Waals surface area contributed by atoms with Gasteiger partial charge in [-0.2, -0.15) is 0 Å². The minimum absolute atomic E-state index is 0.0124. The molecule has 4 nitrogen and oxygen atoms in total. The minimum atomic E-state index is -0.0124. The number of nitrogens with one attached hydrogen (secondary N) is 1. The molecule has 0 saturated heterocycles. The lowest BCUT2D eigenvalue weighted by Crippen LogP contribution is -2.12. The van der Waals surface area contributed by atoms with Crippen LogP contribution in [0.3, 0.4) is 0 Å². The van der Waals surface area contributed by atoms with Crippen molar-refractivity contribution in [2.45, 2.75) is 6.92 Å². The van der Waals surface area contributed by atoms with E-state index in [9.17, 15) is 0 Å². The van der Waals surface area contributed by atoms with Gasteiger partial charge in [0, 0.05) is 6.07 Å². The predicted molar refractivity (Wildman–Crippen MR) is 75.3 cm³/mol. The topological polar surface area (TPSA) is 68.3 Å². The molecule has 0 spiro atoms. The SMILES string of the molecule is COc1cccc(Oc2c(C)cccc2C(=N)N)c1. The Morgan fingerprint density at radius 3 is 2.47 bits per heavy atom. The minimum Gasteiger partial charge on any atom is -0.497 e. The largest absolute Gasteiger partial charge is 0.497 e. The van der Waals surface area contributed by atoms with E-state index in [-0.39, 0.29) is 5.84 Å². The van der Waals surface area contributed by atoms with E-state index in [0.717, 1.165) is 11.3 Å². The van der Waals surface area contributed by atoms with Crippen molar-refractivity contribution in [3.05, 3.63) is 53.6 Å². The van der Waals surface area contributed by atoms with Gasteiger partial charge in [-0.3, -0.25) is 5.41 Å². The Bertz CT molecular complexity index is 609. The lowest BCUT2D eigenvalue weighted by Gasteiger charge is -2.13. The Balaban J connectivity index is 2.40. The number of amidine groups is 1. The van der Waals surface area contributed by atoms with E-state index in [4.69, 9.17) is 20.6 Å². The molecule has 0 aliphatic heterocycles. The number of hydrogen-bond donors (Lipinski definition) is 2. The Hall–Kier alpha value is -2.49. The van der Waals surface area contributed by atoms with Gasteiger partial charge in [-0.25, -0.2) is 0 Å². The van der Waals surface area contributed by atoms with Gasteiger partial charge in [-0.05, 0) is 30.7 Å². The molecule has 0 amide bonds. The van der Waals surface area contributed by atoms with Gasteiger partial charge in [0.2, 0.25) is 0 Å². The molecule has 2 rings (SSSR count). The number of nitrogens with two attached hydrogens (primary N) is 1. The molecule has 0 saturated carbocycles. The fraction of sp³-hybridized carbons (Fsp3) is 0.133. The zero-order chi connectivity index (χ0) is 13.8. The molecule has 0 radical (unpaired) electrons. The van der Waals surface area contributed by atoms with Gasteiger partial charge in [-0.15, -0.1) is 0 Å². The maximum absolute atomic E-state index is 7.59. The van der Waals surface area contributed by atoms with Crippen molar-refractivity contribution in [1.29, 1.82) is 5.41 Å². The average molecular weight is 256 g/mol. The van der Waals surface area contributed by atoms with Gasteiger partial charge in [0.05, 0.1) is 12.7 Å². The van der Waals surface area contributed by atoms with Gasteiger partial charge >= 0.3 is 0 Å². The molecule has 4 heteroatoms. The molecule has 0 heterocycles. The second-order valence-corrected chi connectivity index (χ2v) is 4.15. The monoisotopic (exact) mass is 256 g/mol. The van der Waals surface area contributed by atoms with Gasteiger partial charge in [-0.1, -0.05) is 18.2 Å². The summed E-state index contributed by atoms with van der Waals surface area (Å²) in [6, 6.07) is 12.9. The second kappa shape index (κ2) is 5.44. The summed E-state index contributed by atoms with van der Waals surface area (Å²) in [4.78, 5) is 0. The normalized spacial score (nSPS) is 10.0. The second-order valence-electron chi connectivity index (χ2n) is 4.15. The first-order valence-electron chi connectivity index (χ1n) is 5.87. The van der Waals surface area contributed by atoms with Crippen molar-refractivity contribution in [2.24, 2.45) is 5.73 Å². The van der Waals surface area contributed by atoms with Crippen LogP contribution in [0.15, 0.2) is 42.5 Å². The Morgan fingerprint density at radius 2 is 1.79 bits per heavy atom. The zero-order valence-corrected chi connectivity index (χ0v) is 10.9. The molecule has 0 aliphatic carbocycles. The van der Waals surface area contributed by atoms with Crippen LogP contribution >= 0.6 is 0 Å². The standard InChI is InChI=1S/C15H16N2O2/c1-10-5-3-8-13(15(16)17)14(10)19-12-7-4-6-11(9-12)18-2/h3-9H,1-2H3,(H3,16,17). The first-order chi connectivity index (χ1) is 9.11. The first kappa shape index (κ1) is 13.0. The number of hydrogen-bond acceptors (Lipinski definition) is 3. The van der Waals surface area contributed by atoms with E-state index in [0.29, 0.717) is 17.1 Å². The Morgan fingerprint density at radius 1 is 1.11 bits per heavy atom. The summed E-state index contributed by atoms with van der Waals surface area (Å²) in [5.74, 6) is 1.96. The highest BCUT2D eigenvalue weighted by molar-refractivity contribution is 5.98. The lowest BCUT2D eigenvalue weighted by atomic mass is 10.1. The molecule has 3 N–H and O–H groups in total. The number of ether oxygens (including phenoxy) is 2. The number of methoxy groups -OCH3 is 1. The third-order valence-electron chi connectivity index (χ3n) is 2.76. The van der Waals surface area contributed by atoms with Gasteiger partial charge < -0.3 is 15.2 Å². The van der Waals surface area contributed by atoms with E-state index in [1.807, 2.05) is 37.3 Å². The molecule has 0 unspecified atom stereocenters. The molecule has 2 aromatic carbocycles. The van der Waals surface area contributed by atoms with Crippen LogP contribution in [-0.4, -0.2) is 12.9 Å².